The molecule has 7 nitrogen and oxygen atoms in total. The molecule has 2 heterocycles. The van der Waals surface area contributed by atoms with E-state index in [4.69, 9.17) is 21.1 Å². The summed E-state index contributed by atoms with van der Waals surface area (Å²) >= 11 is 7.60. The number of hydrogen-bond donors (Lipinski definition) is 1. The highest BCUT2D eigenvalue weighted by molar-refractivity contribution is 7.99. The highest BCUT2D eigenvalue weighted by Gasteiger charge is 2.35. The van der Waals surface area contributed by atoms with Crippen molar-refractivity contribution in [3.63, 3.8) is 0 Å². The van der Waals surface area contributed by atoms with Gasteiger partial charge in [-0.3, -0.25) is 0 Å². The Morgan fingerprint density at radius 2 is 2.00 bits per heavy atom. The molecule has 1 atom stereocenters. The van der Waals surface area contributed by atoms with Crippen LogP contribution in [0.2, 0.25) is 5.02 Å². The van der Waals surface area contributed by atoms with Crippen LogP contribution in [-0.4, -0.2) is 33.1 Å². The van der Waals surface area contributed by atoms with Crippen LogP contribution in [0.4, 0.5) is 5.95 Å². The molecule has 33 heavy (non-hydrogen) atoms. The summed E-state index contributed by atoms with van der Waals surface area (Å²) < 4.78 is 13.0. The van der Waals surface area contributed by atoms with Gasteiger partial charge in [-0.1, -0.05) is 54.6 Å². The first-order valence-electron chi connectivity index (χ1n) is 10.7. The first-order valence-corrected chi connectivity index (χ1v) is 12.1. The number of carbonyl (C=O) groups is 1. The van der Waals surface area contributed by atoms with Crippen LogP contribution in [0.3, 0.4) is 0 Å². The van der Waals surface area contributed by atoms with E-state index in [1.165, 1.54) is 0 Å². The van der Waals surface area contributed by atoms with Gasteiger partial charge in [0.15, 0.2) is 0 Å². The molecule has 1 aromatic heterocycles. The maximum atomic E-state index is 12.9. The Bertz CT molecular complexity index is 1180. The van der Waals surface area contributed by atoms with E-state index >= 15 is 0 Å². The molecule has 0 saturated heterocycles. The van der Waals surface area contributed by atoms with Crippen molar-refractivity contribution in [1.29, 1.82) is 0 Å². The lowest BCUT2D eigenvalue weighted by Crippen LogP contribution is -2.29. The zero-order chi connectivity index (χ0) is 23.4. The van der Waals surface area contributed by atoms with E-state index in [1.54, 1.807) is 23.4 Å². The van der Waals surface area contributed by atoms with Crippen molar-refractivity contribution < 1.29 is 14.3 Å². The molecule has 172 valence electrons. The quantitative estimate of drug-likeness (QED) is 0.335. The number of halogens is 1. The summed E-state index contributed by atoms with van der Waals surface area (Å²) in [5.41, 5.74) is 3.08. The smallest absolute Gasteiger partial charge is 0.338 e. The fraction of sp³-hybridized carbons (Fsp3) is 0.292. The maximum Gasteiger partial charge on any atom is 0.338 e. The number of nitrogens with one attached hydrogen (secondary N) is 1. The molecule has 1 N–H and O–H groups in total. The number of nitrogens with zero attached hydrogens (tertiary/aromatic N) is 3. The third-order valence-corrected chi connectivity index (χ3v) is 6.05. The Morgan fingerprint density at radius 3 is 2.70 bits per heavy atom. The molecule has 4 rings (SSSR count). The Hall–Kier alpha value is -2.97. The van der Waals surface area contributed by atoms with E-state index in [1.807, 2.05) is 62.4 Å². The van der Waals surface area contributed by atoms with Gasteiger partial charge in [-0.15, -0.1) is 5.10 Å². The summed E-state index contributed by atoms with van der Waals surface area (Å²) in [4.78, 5) is 17.4. The molecule has 2 aromatic carbocycles. The average molecular weight is 485 g/mol. The van der Waals surface area contributed by atoms with Crippen LogP contribution in [0.25, 0.3) is 0 Å². The topological polar surface area (TPSA) is 78.3 Å². The normalized spacial score (nSPS) is 15.1. The van der Waals surface area contributed by atoms with Gasteiger partial charge in [0.25, 0.3) is 0 Å². The lowest BCUT2D eigenvalue weighted by Gasteiger charge is -2.28. The minimum Gasteiger partial charge on any atom is -0.489 e. The minimum absolute atomic E-state index is 0.291. The Labute approximate surface area is 202 Å². The number of thioether (sulfide) groups is 1. The SMILES string of the molecule is CCOC(=O)C1=C(C)Nc2nc(SCC)nn2C1c1ccc(OCc2cccc(Cl)c2)cc1. The standard InChI is InChI=1S/C24H25ClN4O3S/c1-4-31-22(30)20-15(3)26-23-27-24(33-5-2)28-29(23)21(20)17-9-11-19(12-10-17)32-14-16-7-6-8-18(25)13-16/h6-13,21H,4-5,14H2,1-3H3,(H,26,27,28). The van der Waals surface area contributed by atoms with Crippen LogP contribution in [0.15, 0.2) is 65.0 Å². The van der Waals surface area contributed by atoms with Crippen LogP contribution >= 0.6 is 23.4 Å². The van der Waals surface area contributed by atoms with Gasteiger partial charge in [0, 0.05) is 10.7 Å². The molecule has 1 unspecified atom stereocenters. The third-order valence-electron chi connectivity index (χ3n) is 5.09. The molecule has 0 saturated carbocycles. The van der Waals surface area contributed by atoms with Gasteiger partial charge in [0.1, 0.15) is 18.4 Å². The second kappa shape index (κ2) is 10.3. The lowest BCUT2D eigenvalue weighted by atomic mass is 9.96. The number of anilines is 1. The van der Waals surface area contributed by atoms with Gasteiger partial charge in [-0.05, 0) is 55.0 Å². The molecule has 3 aromatic rings. The molecule has 0 bridgehead atoms. The molecular formula is C24H25ClN4O3S. The summed E-state index contributed by atoms with van der Waals surface area (Å²) in [6.45, 7) is 6.39. The second-order valence-corrected chi connectivity index (χ2v) is 9.04. The fourth-order valence-corrected chi connectivity index (χ4v) is 4.41. The zero-order valence-electron chi connectivity index (χ0n) is 18.7. The summed E-state index contributed by atoms with van der Waals surface area (Å²) in [7, 11) is 0. The first kappa shape index (κ1) is 23.2. The molecule has 0 aliphatic carbocycles. The van der Waals surface area contributed by atoms with Gasteiger partial charge in [0.05, 0.1) is 12.2 Å². The predicted octanol–water partition coefficient (Wildman–Crippen LogP) is 5.47. The van der Waals surface area contributed by atoms with E-state index < -0.39 is 6.04 Å². The largest absolute Gasteiger partial charge is 0.489 e. The molecule has 0 amide bonds. The summed E-state index contributed by atoms with van der Waals surface area (Å²) in [5.74, 6) is 1.79. The van der Waals surface area contributed by atoms with E-state index in [0.717, 1.165) is 16.9 Å². The van der Waals surface area contributed by atoms with Crippen LogP contribution < -0.4 is 10.1 Å². The Morgan fingerprint density at radius 1 is 1.21 bits per heavy atom. The highest BCUT2D eigenvalue weighted by Crippen LogP contribution is 2.37. The van der Waals surface area contributed by atoms with E-state index in [0.29, 0.717) is 46.4 Å². The number of benzene rings is 2. The lowest BCUT2D eigenvalue weighted by molar-refractivity contribution is -0.139. The fourth-order valence-electron chi connectivity index (χ4n) is 3.64. The summed E-state index contributed by atoms with van der Waals surface area (Å²) in [6, 6.07) is 14.8. The zero-order valence-corrected chi connectivity index (χ0v) is 20.2. The Kier molecular flexibility index (Phi) is 7.25. The van der Waals surface area contributed by atoms with Crippen molar-refractivity contribution in [2.45, 2.75) is 38.6 Å². The minimum atomic E-state index is -0.457. The van der Waals surface area contributed by atoms with Crippen molar-refractivity contribution in [1.82, 2.24) is 14.8 Å². The number of carbonyl (C=O) groups excluding carboxylic acids is 1. The molecule has 1 aliphatic rings. The van der Waals surface area contributed by atoms with Gasteiger partial charge < -0.3 is 14.8 Å². The highest BCUT2D eigenvalue weighted by atomic mass is 35.5. The monoisotopic (exact) mass is 484 g/mol. The van der Waals surface area contributed by atoms with Crippen LogP contribution in [0.1, 0.15) is 37.9 Å². The number of aromatic nitrogens is 3. The van der Waals surface area contributed by atoms with Crippen molar-refractivity contribution in [3.05, 3.63) is 76.0 Å². The molecule has 9 heteroatoms. The average Bonchev–Trinajstić information content (AvgIpc) is 3.19. The van der Waals surface area contributed by atoms with Crippen LogP contribution in [0.5, 0.6) is 5.75 Å². The van der Waals surface area contributed by atoms with Gasteiger partial charge >= 0.3 is 5.97 Å². The van der Waals surface area contributed by atoms with Crippen molar-refractivity contribution >= 4 is 35.3 Å². The van der Waals surface area contributed by atoms with Gasteiger partial charge in [0.2, 0.25) is 11.1 Å². The number of ether oxygens (including phenoxy) is 2. The number of fused-ring (bicyclic) bond motifs is 1. The predicted molar refractivity (Wildman–Crippen MR) is 130 cm³/mol. The van der Waals surface area contributed by atoms with Crippen molar-refractivity contribution in [2.75, 3.05) is 17.7 Å². The number of rotatable bonds is 8. The first-order chi connectivity index (χ1) is 16.0. The second-order valence-electron chi connectivity index (χ2n) is 7.37. The number of esters is 1. The molecule has 1 aliphatic heterocycles. The van der Waals surface area contributed by atoms with Crippen LogP contribution in [0, 0.1) is 0 Å². The number of hydrogen-bond acceptors (Lipinski definition) is 7. The van der Waals surface area contributed by atoms with Gasteiger partial charge in [-0.2, -0.15) is 4.98 Å². The van der Waals surface area contributed by atoms with E-state index in [2.05, 4.69) is 15.4 Å². The third kappa shape index (κ3) is 5.17. The number of allylic oxidation sites excluding steroid dienone is 1. The molecule has 0 fully saturated rings. The van der Waals surface area contributed by atoms with Crippen LogP contribution in [-0.2, 0) is 16.1 Å². The van der Waals surface area contributed by atoms with E-state index in [-0.39, 0.29) is 5.97 Å². The van der Waals surface area contributed by atoms with Gasteiger partial charge in [-0.25, -0.2) is 9.48 Å². The van der Waals surface area contributed by atoms with Crippen molar-refractivity contribution in [2.24, 2.45) is 0 Å². The molecular weight excluding hydrogens is 460 g/mol. The van der Waals surface area contributed by atoms with E-state index in [9.17, 15) is 4.79 Å². The summed E-state index contributed by atoms with van der Waals surface area (Å²) in [6.07, 6.45) is 0. The maximum absolute atomic E-state index is 12.9. The van der Waals surface area contributed by atoms with Crippen molar-refractivity contribution in [3.8, 4) is 5.75 Å². The molecule has 0 radical (unpaired) electrons. The summed E-state index contributed by atoms with van der Waals surface area (Å²) in [5, 5.41) is 9.19. The molecule has 0 spiro atoms. The Balaban J connectivity index is 1.63.